The second-order valence-corrected chi connectivity index (χ2v) is 5.92. The maximum Gasteiger partial charge on any atom is 0.213 e. The molecule has 0 radical (unpaired) electrons. The van der Waals surface area contributed by atoms with E-state index < -0.39 is 0 Å². The number of aromatic nitrogens is 1. The van der Waals surface area contributed by atoms with Crippen molar-refractivity contribution in [2.75, 3.05) is 41.4 Å². The summed E-state index contributed by atoms with van der Waals surface area (Å²) in [4.78, 5) is 12.9. The maximum atomic E-state index is 5.60. The lowest BCUT2D eigenvalue weighted by atomic mass is 10.3. The van der Waals surface area contributed by atoms with Crippen LogP contribution in [0.3, 0.4) is 0 Å². The fourth-order valence-corrected chi connectivity index (χ4v) is 2.26. The summed E-state index contributed by atoms with van der Waals surface area (Å²) in [6, 6.07) is 13.5. The largest absolute Gasteiger partial charge is 0.490 e. The molecule has 6 nitrogen and oxygen atoms in total. The Balaban J connectivity index is 1.78. The van der Waals surface area contributed by atoms with Gasteiger partial charge in [0.25, 0.3) is 0 Å². The van der Waals surface area contributed by atoms with Gasteiger partial charge in [0.1, 0.15) is 19.0 Å². The summed E-state index contributed by atoms with van der Waals surface area (Å²) in [6.45, 7) is 1.51. The molecule has 2 aromatic rings. The van der Waals surface area contributed by atoms with E-state index >= 15 is 0 Å². The number of benzene rings is 1. The molecule has 1 heterocycles. The minimum atomic E-state index is 0.449. The van der Waals surface area contributed by atoms with E-state index in [9.17, 15) is 0 Å². The highest BCUT2D eigenvalue weighted by atomic mass is 16.5. The van der Waals surface area contributed by atoms with E-state index in [1.807, 2.05) is 80.5 Å². The van der Waals surface area contributed by atoms with E-state index in [4.69, 9.17) is 9.47 Å². The number of aliphatic imine (C=N–C) groups is 1. The third kappa shape index (κ3) is 6.33. The van der Waals surface area contributed by atoms with Crippen molar-refractivity contribution in [2.45, 2.75) is 6.54 Å². The second-order valence-electron chi connectivity index (χ2n) is 5.92. The highest BCUT2D eigenvalue weighted by molar-refractivity contribution is 5.79. The van der Waals surface area contributed by atoms with Gasteiger partial charge in [-0.15, -0.1) is 0 Å². The molecule has 0 aliphatic carbocycles. The Labute approximate surface area is 149 Å². The van der Waals surface area contributed by atoms with Gasteiger partial charge in [-0.25, -0.2) is 9.98 Å². The van der Waals surface area contributed by atoms with E-state index in [0.29, 0.717) is 25.6 Å². The number of guanidine groups is 1. The predicted octanol–water partition coefficient (Wildman–Crippen LogP) is 2.52. The molecule has 0 aliphatic heterocycles. The Morgan fingerprint density at radius 1 is 0.920 bits per heavy atom. The van der Waals surface area contributed by atoms with Crippen molar-refractivity contribution >= 4 is 5.96 Å². The van der Waals surface area contributed by atoms with Crippen LogP contribution in [0.25, 0.3) is 0 Å². The Kier molecular flexibility index (Phi) is 7.07. The van der Waals surface area contributed by atoms with Crippen molar-refractivity contribution in [1.29, 1.82) is 0 Å². The molecular weight excluding hydrogens is 316 g/mol. The molecule has 1 aromatic heterocycles. The van der Waals surface area contributed by atoms with Crippen molar-refractivity contribution < 1.29 is 9.47 Å². The SMILES string of the molecule is CN(C)C(=NCc1ccc(OCCOc2ccccc2)nc1)N(C)C. The van der Waals surface area contributed by atoms with Gasteiger partial charge in [0.15, 0.2) is 5.96 Å². The summed E-state index contributed by atoms with van der Waals surface area (Å²) < 4.78 is 11.2. The van der Waals surface area contributed by atoms with E-state index in [2.05, 4.69) is 9.98 Å². The Morgan fingerprint density at radius 2 is 1.60 bits per heavy atom. The van der Waals surface area contributed by atoms with Crippen LogP contribution >= 0.6 is 0 Å². The molecule has 134 valence electrons. The molecule has 0 spiro atoms. The van der Waals surface area contributed by atoms with Crippen LogP contribution in [0.1, 0.15) is 5.56 Å². The third-order valence-electron chi connectivity index (χ3n) is 3.35. The van der Waals surface area contributed by atoms with Crippen LogP contribution in [0.15, 0.2) is 53.7 Å². The summed E-state index contributed by atoms with van der Waals surface area (Å²) in [5, 5.41) is 0. The molecule has 0 saturated heterocycles. The molecule has 0 unspecified atom stereocenters. The molecule has 0 bridgehead atoms. The molecule has 6 heteroatoms. The molecule has 0 aliphatic rings. The van der Waals surface area contributed by atoms with Crippen LogP contribution in [-0.2, 0) is 6.54 Å². The zero-order valence-electron chi connectivity index (χ0n) is 15.3. The zero-order chi connectivity index (χ0) is 18.1. The fraction of sp³-hybridized carbons (Fsp3) is 0.368. The normalized spacial score (nSPS) is 10.1. The smallest absolute Gasteiger partial charge is 0.213 e. The first-order valence-electron chi connectivity index (χ1n) is 8.21. The average molecular weight is 342 g/mol. The third-order valence-corrected chi connectivity index (χ3v) is 3.35. The van der Waals surface area contributed by atoms with Crippen molar-refractivity contribution in [3.63, 3.8) is 0 Å². The van der Waals surface area contributed by atoms with E-state index in [1.165, 1.54) is 0 Å². The molecule has 25 heavy (non-hydrogen) atoms. The van der Waals surface area contributed by atoms with E-state index in [-0.39, 0.29) is 0 Å². The van der Waals surface area contributed by atoms with Crippen molar-refractivity contribution in [1.82, 2.24) is 14.8 Å². The Morgan fingerprint density at radius 3 is 2.20 bits per heavy atom. The monoisotopic (exact) mass is 342 g/mol. The molecule has 0 N–H and O–H groups in total. The van der Waals surface area contributed by atoms with Gasteiger partial charge in [-0.2, -0.15) is 0 Å². The Hall–Kier alpha value is -2.76. The van der Waals surface area contributed by atoms with Crippen molar-refractivity contribution in [3.8, 4) is 11.6 Å². The number of hydrogen-bond donors (Lipinski definition) is 0. The first kappa shape index (κ1) is 18.6. The molecule has 0 atom stereocenters. The fourth-order valence-electron chi connectivity index (χ4n) is 2.26. The maximum absolute atomic E-state index is 5.60. The van der Waals surface area contributed by atoms with Crippen LogP contribution in [0.2, 0.25) is 0 Å². The van der Waals surface area contributed by atoms with Gasteiger partial charge in [0.05, 0.1) is 6.54 Å². The van der Waals surface area contributed by atoms with Crippen LogP contribution in [0, 0.1) is 0 Å². The van der Waals surface area contributed by atoms with Gasteiger partial charge < -0.3 is 19.3 Å². The minimum Gasteiger partial charge on any atom is -0.490 e. The summed E-state index contributed by atoms with van der Waals surface area (Å²) in [5.74, 6) is 2.34. The molecule has 0 fully saturated rings. The number of nitrogens with zero attached hydrogens (tertiary/aromatic N) is 4. The summed E-state index contributed by atoms with van der Waals surface area (Å²) in [5.41, 5.74) is 1.04. The number of rotatable bonds is 7. The number of ether oxygens (including phenoxy) is 2. The Bertz CT molecular complexity index is 645. The first-order chi connectivity index (χ1) is 12.1. The van der Waals surface area contributed by atoms with Crippen LogP contribution < -0.4 is 9.47 Å². The first-order valence-corrected chi connectivity index (χ1v) is 8.21. The minimum absolute atomic E-state index is 0.449. The van der Waals surface area contributed by atoms with Crippen LogP contribution in [-0.4, -0.2) is 62.1 Å². The number of pyridine rings is 1. The molecule has 0 amide bonds. The predicted molar refractivity (Wildman–Crippen MR) is 100 cm³/mol. The molecule has 0 saturated carbocycles. The lowest BCUT2D eigenvalue weighted by molar-refractivity contribution is 0.212. The molecule has 1 aromatic carbocycles. The van der Waals surface area contributed by atoms with Crippen molar-refractivity contribution in [3.05, 3.63) is 54.2 Å². The topological polar surface area (TPSA) is 50.2 Å². The van der Waals surface area contributed by atoms with Gasteiger partial charge >= 0.3 is 0 Å². The highest BCUT2D eigenvalue weighted by Crippen LogP contribution is 2.10. The van der Waals surface area contributed by atoms with Gasteiger partial charge in [0.2, 0.25) is 5.88 Å². The van der Waals surface area contributed by atoms with E-state index in [0.717, 1.165) is 17.3 Å². The summed E-state index contributed by atoms with van der Waals surface area (Å²) in [6.07, 6.45) is 1.79. The average Bonchev–Trinajstić information content (AvgIpc) is 2.60. The lowest BCUT2D eigenvalue weighted by Gasteiger charge is -2.22. The molecular formula is C19H26N4O2. The van der Waals surface area contributed by atoms with E-state index in [1.54, 1.807) is 6.20 Å². The quantitative estimate of drug-likeness (QED) is 0.440. The highest BCUT2D eigenvalue weighted by Gasteiger charge is 2.04. The van der Waals surface area contributed by atoms with Crippen molar-refractivity contribution in [2.24, 2.45) is 4.99 Å². The lowest BCUT2D eigenvalue weighted by Crippen LogP contribution is -2.35. The standard InChI is InChI=1S/C19H26N4O2/c1-22(2)19(23(3)4)21-15-16-10-11-18(20-14-16)25-13-12-24-17-8-6-5-7-9-17/h5-11,14H,12-13,15H2,1-4H3. The summed E-state index contributed by atoms with van der Waals surface area (Å²) in [7, 11) is 7.91. The zero-order valence-corrected chi connectivity index (χ0v) is 15.3. The van der Waals surface area contributed by atoms with Gasteiger partial charge in [-0.1, -0.05) is 24.3 Å². The second kappa shape index (κ2) is 9.52. The number of para-hydroxylation sites is 1. The van der Waals surface area contributed by atoms with Gasteiger partial charge in [-0.3, -0.25) is 0 Å². The summed E-state index contributed by atoms with van der Waals surface area (Å²) >= 11 is 0. The van der Waals surface area contributed by atoms with Gasteiger partial charge in [0, 0.05) is 40.5 Å². The number of hydrogen-bond acceptors (Lipinski definition) is 4. The van der Waals surface area contributed by atoms with Crippen LogP contribution in [0.5, 0.6) is 11.6 Å². The van der Waals surface area contributed by atoms with Crippen LogP contribution in [0.4, 0.5) is 0 Å². The molecule has 2 rings (SSSR count). The van der Waals surface area contributed by atoms with Gasteiger partial charge in [-0.05, 0) is 17.7 Å².